The second-order valence-electron chi connectivity index (χ2n) is 3.68. The van der Waals surface area contributed by atoms with Crippen LogP contribution in [-0.2, 0) is 4.79 Å². The summed E-state index contributed by atoms with van der Waals surface area (Å²) < 4.78 is 1.59. The number of nitrogens with zero attached hydrogens (tertiary/aromatic N) is 3. The predicted molar refractivity (Wildman–Crippen MR) is 84.1 cm³/mol. The van der Waals surface area contributed by atoms with Crippen molar-refractivity contribution in [3.05, 3.63) is 34.4 Å². The van der Waals surface area contributed by atoms with Crippen molar-refractivity contribution in [2.75, 3.05) is 17.3 Å². The van der Waals surface area contributed by atoms with E-state index >= 15 is 0 Å². The van der Waals surface area contributed by atoms with Crippen LogP contribution in [-0.4, -0.2) is 33.0 Å². The number of nitro benzene ring substituents is 1. The number of anilines is 1. The molecule has 110 valence electrons. The maximum atomic E-state index is 11.8. The van der Waals surface area contributed by atoms with E-state index in [0.717, 1.165) is 8.68 Å². The van der Waals surface area contributed by atoms with E-state index in [4.69, 9.17) is 0 Å². The zero-order chi connectivity index (χ0) is 15.2. The van der Waals surface area contributed by atoms with Crippen LogP contribution in [0.25, 0.3) is 0 Å². The molecule has 0 bridgehead atoms. The highest BCUT2D eigenvalue weighted by Gasteiger charge is 2.09. The molecule has 1 aromatic heterocycles. The molecule has 1 heterocycles. The van der Waals surface area contributed by atoms with Crippen molar-refractivity contribution in [1.82, 2.24) is 10.2 Å². The minimum Gasteiger partial charge on any atom is -0.325 e. The zero-order valence-electron chi connectivity index (χ0n) is 10.8. The van der Waals surface area contributed by atoms with Crippen molar-refractivity contribution in [2.24, 2.45) is 0 Å². The van der Waals surface area contributed by atoms with Gasteiger partial charge in [0.2, 0.25) is 5.91 Å². The average Bonchev–Trinajstić information content (AvgIpc) is 2.94. The Balaban J connectivity index is 1.85. The summed E-state index contributed by atoms with van der Waals surface area (Å²) in [6.07, 6.45) is 1.91. The van der Waals surface area contributed by atoms with Crippen molar-refractivity contribution >= 4 is 52.1 Å². The molecule has 0 fully saturated rings. The van der Waals surface area contributed by atoms with E-state index in [-0.39, 0.29) is 17.3 Å². The maximum absolute atomic E-state index is 11.8. The Labute approximate surface area is 132 Å². The second-order valence-corrected chi connectivity index (χ2v) is 6.93. The molecule has 1 N–H and O–H groups in total. The van der Waals surface area contributed by atoms with Gasteiger partial charge in [0, 0.05) is 17.8 Å². The first-order valence-corrected chi connectivity index (χ1v) is 8.66. The average molecular weight is 342 g/mol. The van der Waals surface area contributed by atoms with Gasteiger partial charge in [-0.25, -0.2) is 0 Å². The van der Waals surface area contributed by atoms with Crippen LogP contribution in [0.5, 0.6) is 0 Å². The molecule has 2 aromatic rings. The topological polar surface area (TPSA) is 98.0 Å². The lowest BCUT2D eigenvalue weighted by Crippen LogP contribution is -2.13. The number of carbonyl (C=O) groups is 1. The number of rotatable bonds is 6. The molecule has 0 unspecified atom stereocenters. The smallest absolute Gasteiger partial charge is 0.269 e. The van der Waals surface area contributed by atoms with Crippen molar-refractivity contribution in [2.45, 2.75) is 8.68 Å². The largest absolute Gasteiger partial charge is 0.325 e. The molecule has 0 saturated carbocycles. The van der Waals surface area contributed by atoms with Crippen LogP contribution in [0.15, 0.2) is 32.9 Å². The Kier molecular flexibility index (Phi) is 5.53. The Morgan fingerprint density at radius 3 is 2.57 bits per heavy atom. The highest BCUT2D eigenvalue weighted by atomic mass is 32.2. The van der Waals surface area contributed by atoms with Gasteiger partial charge in [0.05, 0.1) is 10.7 Å². The number of hydrogen-bond acceptors (Lipinski definition) is 8. The van der Waals surface area contributed by atoms with Gasteiger partial charge < -0.3 is 5.32 Å². The number of thioether (sulfide) groups is 2. The number of nitrogens with one attached hydrogen (secondary N) is 1. The predicted octanol–water partition coefficient (Wildman–Crippen LogP) is 2.90. The monoisotopic (exact) mass is 342 g/mol. The fraction of sp³-hybridized carbons (Fsp3) is 0.182. The van der Waals surface area contributed by atoms with Crippen LogP contribution in [0.2, 0.25) is 0 Å². The number of amides is 1. The Morgan fingerprint density at radius 2 is 2.00 bits per heavy atom. The van der Waals surface area contributed by atoms with Gasteiger partial charge in [0.1, 0.15) is 0 Å². The van der Waals surface area contributed by atoms with E-state index in [2.05, 4.69) is 15.5 Å². The summed E-state index contributed by atoms with van der Waals surface area (Å²) in [4.78, 5) is 21.8. The van der Waals surface area contributed by atoms with E-state index in [1.54, 1.807) is 0 Å². The quantitative estimate of drug-likeness (QED) is 0.489. The molecule has 0 spiro atoms. The summed E-state index contributed by atoms with van der Waals surface area (Å²) in [7, 11) is 0. The van der Waals surface area contributed by atoms with Crippen LogP contribution >= 0.6 is 34.9 Å². The molecule has 0 aliphatic carbocycles. The molecule has 0 atom stereocenters. The van der Waals surface area contributed by atoms with Gasteiger partial charge in [-0.1, -0.05) is 34.9 Å². The number of benzene rings is 1. The standard InChI is InChI=1S/C11H10N4O3S3/c1-19-10-13-14-11(21-10)20-6-9(16)12-7-2-4-8(5-3-7)15(17)18/h2-5H,6H2,1H3,(H,12,16). The molecule has 0 saturated heterocycles. The number of aromatic nitrogens is 2. The van der Waals surface area contributed by atoms with Crippen LogP contribution in [0.3, 0.4) is 0 Å². The van der Waals surface area contributed by atoms with Crippen molar-refractivity contribution in [3.63, 3.8) is 0 Å². The summed E-state index contributed by atoms with van der Waals surface area (Å²) in [5.74, 6) is 0.00903. The summed E-state index contributed by atoms with van der Waals surface area (Å²) in [5.41, 5.74) is 0.508. The van der Waals surface area contributed by atoms with Crippen molar-refractivity contribution < 1.29 is 9.72 Å². The van der Waals surface area contributed by atoms with Gasteiger partial charge in [-0.2, -0.15) is 0 Å². The molecular weight excluding hydrogens is 332 g/mol. The van der Waals surface area contributed by atoms with Crippen LogP contribution < -0.4 is 5.32 Å². The normalized spacial score (nSPS) is 10.3. The third-order valence-electron chi connectivity index (χ3n) is 2.25. The lowest BCUT2D eigenvalue weighted by atomic mass is 10.3. The minimum absolute atomic E-state index is 0.0131. The Morgan fingerprint density at radius 1 is 1.33 bits per heavy atom. The fourth-order valence-electron chi connectivity index (χ4n) is 1.33. The molecule has 0 aliphatic rings. The third kappa shape index (κ3) is 4.69. The zero-order valence-corrected chi connectivity index (χ0v) is 13.3. The number of non-ortho nitro benzene ring substituents is 1. The lowest BCUT2D eigenvalue weighted by molar-refractivity contribution is -0.384. The molecule has 0 radical (unpaired) electrons. The first kappa shape index (κ1) is 15.7. The van der Waals surface area contributed by atoms with E-state index in [1.807, 2.05) is 6.26 Å². The number of hydrogen-bond donors (Lipinski definition) is 1. The van der Waals surface area contributed by atoms with E-state index < -0.39 is 4.92 Å². The Bertz CT molecular complexity index is 644. The second kappa shape index (κ2) is 7.38. The van der Waals surface area contributed by atoms with Crippen LogP contribution in [0, 0.1) is 10.1 Å². The number of carbonyl (C=O) groups excluding carboxylic acids is 1. The van der Waals surface area contributed by atoms with Gasteiger partial charge in [-0.05, 0) is 18.4 Å². The van der Waals surface area contributed by atoms with Gasteiger partial charge in [-0.3, -0.25) is 14.9 Å². The molecular formula is C11H10N4O3S3. The highest BCUT2D eigenvalue weighted by Crippen LogP contribution is 2.27. The van der Waals surface area contributed by atoms with Crippen LogP contribution in [0.1, 0.15) is 0 Å². The Hall–Kier alpha value is -1.65. The van der Waals surface area contributed by atoms with E-state index in [9.17, 15) is 14.9 Å². The maximum Gasteiger partial charge on any atom is 0.269 e. The summed E-state index contributed by atoms with van der Waals surface area (Å²) in [6.45, 7) is 0. The van der Waals surface area contributed by atoms with Crippen molar-refractivity contribution in [1.29, 1.82) is 0 Å². The first-order chi connectivity index (χ1) is 10.1. The van der Waals surface area contributed by atoms with Gasteiger partial charge in [0.15, 0.2) is 8.68 Å². The molecule has 0 aliphatic heterocycles. The summed E-state index contributed by atoms with van der Waals surface area (Å²) in [6, 6.07) is 5.69. The van der Waals surface area contributed by atoms with Gasteiger partial charge >= 0.3 is 0 Å². The SMILES string of the molecule is CSc1nnc(SCC(=O)Nc2ccc([N+](=O)[O-])cc2)s1. The van der Waals surface area contributed by atoms with Crippen molar-refractivity contribution in [3.8, 4) is 0 Å². The third-order valence-corrected chi connectivity index (χ3v) is 5.28. The highest BCUT2D eigenvalue weighted by molar-refractivity contribution is 8.03. The molecule has 10 heteroatoms. The molecule has 7 nitrogen and oxygen atoms in total. The molecule has 2 rings (SSSR count). The van der Waals surface area contributed by atoms with Gasteiger partial charge in [-0.15, -0.1) is 10.2 Å². The summed E-state index contributed by atoms with van der Waals surface area (Å²) >= 11 is 4.24. The van der Waals surface area contributed by atoms with Crippen LogP contribution in [0.4, 0.5) is 11.4 Å². The molecule has 1 amide bonds. The summed E-state index contributed by atoms with van der Waals surface area (Å²) in [5, 5.41) is 21.1. The molecule has 1 aromatic carbocycles. The molecule has 21 heavy (non-hydrogen) atoms. The fourth-order valence-corrected chi connectivity index (χ4v) is 3.57. The lowest BCUT2D eigenvalue weighted by Gasteiger charge is -2.03. The first-order valence-electron chi connectivity index (χ1n) is 5.63. The minimum atomic E-state index is -0.486. The van der Waals surface area contributed by atoms with Gasteiger partial charge in [0.25, 0.3) is 5.69 Å². The van der Waals surface area contributed by atoms with E-state index in [0.29, 0.717) is 5.69 Å². The van der Waals surface area contributed by atoms with E-state index in [1.165, 1.54) is 59.1 Å². The number of nitro groups is 1.